The molecular formula is C18H19N5O3S3. The molecule has 1 amide bonds. The van der Waals surface area contributed by atoms with Crippen LogP contribution in [0.5, 0.6) is 0 Å². The minimum Gasteiger partial charge on any atom is -0.330 e. The number of thioether (sulfide) groups is 1. The van der Waals surface area contributed by atoms with Crippen molar-refractivity contribution in [1.29, 1.82) is 0 Å². The maximum atomic E-state index is 12.4. The number of carbonyl (C=O) groups is 1. The van der Waals surface area contributed by atoms with Crippen molar-refractivity contribution in [2.45, 2.75) is 28.3 Å². The fraction of sp³-hybridized carbons (Fsp3) is 0.167. The Morgan fingerprint density at radius 2 is 1.86 bits per heavy atom. The van der Waals surface area contributed by atoms with Crippen molar-refractivity contribution in [2.75, 3.05) is 10.6 Å². The SMILES string of the molecule is Cc1cccc(Nc2nnc(SC(C)C(=O)Nc3ccc(S(N)(=O)=O)cc3)s2)c1. The molecular weight excluding hydrogens is 430 g/mol. The van der Waals surface area contributed by atoms with E-state index in [1.807, 2.05) is 31.2 Å². The molecule has 3 aromatic rings. The topological polar surface area (TPSA) is 127 Å². The lowest BCUT2D eigenvalue weighted by Crippen LogP contribution is -2.22. The van der Waals surface area contributed by atoms with Crippen LogP contribution in [0.1, 0.15) is 12.5 Å². The van der Waals surface area contributed by atoms with E-state index >= 15 is 0 Å². The van der Waals surface area contributed by atoms with Crippen LogP contribution >= 0.6 is 23.1 Å². The summed E-state index contributed by atoms with van der Waals surface area (Å²) in [7, 11) is -3.76. The van der Waals surface area contributed by atoms with Gasteiger partial charge in [-0.1, -0.05) is 35.2 Å². The summed E-state index contributed by atoms with van der Waals surface area (Å²) in [6, 6.07) is 13.6. The second-order valence-electron chi connectivity index (χ2n) is 6.19. The van der Waals surface area contributed by atoms with Crippen LogP contribution in [0, 0.1) is 6.92 Å². The first-order chi connectivity index (χ1) is 13.7. The Kier molecular flexibility index (Phi) is 6.52. The number of nitrogens with two attached hydrogens (primary N) is 1. The Labute approximate surface area is 177 Å². The lowest BCUT2D eigenvalue weighted by Gasteiger charge is -2.10. The summed E-state index contributed by atoms with van der Waals surface area (Å²) in [5.74, 6) is -0.234. The summed E-state index contributed by atoms with van der Waals surface area (Å²) >= 11 is 2.65. The Hall–Kier alpha value is -2.47. The van der Waals surface area contributed by atoms with E-state index in [1.165, 1.54) is 47.4 Å². The van der Waals surface area contributed by atoms with Crippen LogP contribution in [0.15, 0.2) is 57.8 Å². The first-order valence-corrected chi connectivity index (χ1v) is 11.7. The predicted molar refractivity (Wildman–Crippen MR) is 116 cm³/mol. The van der Waals surface area contributed by atoms with Crippen molar-refractivity contribution in [1.82, 2.24) is 10.2 Å². The average Bonchev–Trinajstić information content (AvgIpc) is 3.08. The molecule has 29 heavy (non-hydrogen) atoms. The van der Waals surface area contributed by atoms with Crippen LogP contribution in [0.2, 0.25) is 0 Å². The number of benzene rings is 2. The highest BCUT2D eigenvalue weighted by molar-refractivity contribution is 8.02. The van der Waals surface area contributed by atoms with Gasteiger partial charge in [0.15, 0.2) is 4.34 Å². The van der Waals surface area contributed by atoms with Gasteiger partial charge in [-0.25, -0.2) is 13.6 Å². The van der Waals surface area contributed by atoms with Gasteiger partial charge in [-0.15, -0.1) is 10.2 Å². The third-order valence-electron chi connectivity index (χ3n) is 3.77. The van der Waals surface area contributed by atoms with Crippen LogP contribution < -0.4 is 15.8 Å². The lowest BCUT2D eigenvalue weighted by molar-refractivity contribution is -0.115. The number of aryl methyl sites for hydroxylation is 1. The van der Waals surface area contributed by atoms with Gasteiger partial charge in [-0.3, -0.25) is 4.79 Å². The molecule has 11 heteroatoms. The molecule has 0 spiro atoms. The first-order valence-electron chi connectivity index (χ1n) is 8.48. The number of rotatable bonds is 7. The van der Waals surface area contributed by atoms with Gasteiger partial charge in [0.1, 0.15) is 0 Å². The molecule has 4 N–H and O–H groups in total. The summed E-state index contributed by atoms with van der Waals surface area (Å²) < 4.78 is 23.2. The van der Waals surface area contributed by atoms with Crippen molar-refractivity contribution in [3.05, 3.63) is 54.1 Å². The fourth-order valence-corrected chi connectivity index (χ4v) is 4.76. The molecule has 0 aliphatic rings. The number of nitrogens with zero attached hydrogens (tertiary/aromatic N) is 2. The maximum Gasteiger partial charge on any atom is 0.238 e. The van der Waals surface area contributed by atoms with E-state index in [9.17, 15) is 13.2 Å². The third-order valence-corrected chi connectivity index (χ3v) is 6.73. The van der Waals surface area contributed by atoms with Gasteiger partial charge in [-0.05, 0) is 55.8 Å². The maximum absolute atomic E-state index is 12.4. The number of hydrogen-bond acceptors (Lipinski definition) is 8. The fourth-order valence-electron chi connectivity index (χ4n) is 2.33. The van der Waals surface area contributed by atoms with Crippen LogP contribution in [0.4, 0.5) is 16.5 Å². The number of primary sulfonamides is 1. The van der Waals surface area contributed by atoms with Crippen LogP contribution in [-0.4, -0.2) is 29.8 Å². The number of aromatic nitrogens is 2. The molecule has 0 fully saturated rings. The number of carbonyl (C=O) groups excluding carboxylic acids is 1. The molecule has 0 aliphatic heterocycles. The zero-order chi connectivity index (χ0) is 21.0. The molecule has 1 aromatic heterocycles. The number of anilines is 3. The second kappa shape index (κ2) is 8.91. The second-order valence-corrected chi connectivity index (χ2v) is 10.3. The third kappa shape index (κ3) is 6.00. The largest absolute Gasteiger partial charge is 0.330 e. The highest BCUT2D eigenvalue weighted by Crippen LogP contribution is 2.31. The minimum atomic E-state index is -3.76. The van der Waals surface area contributed by atoms with E-state index in [1.54, 1.807) is 6.92 Å². The normalized spacial score (nSPS) is 12.4. The van der Waals surface area contributed by atoms with Gasteiger partial charge in [0.25, 0.3) is 0 Å². The number of sulfonamides is 1. The zero-order valence-corrected chi connectivity index (χ0v) is 18.1. The summed E-state index contributed by atoms with van der Waals surface area (Å²) in [6.07, 6.45) is 0. The Bertz CT molecular complexity index is 1110. The molecule has 1 atom stereocenters. The Morgan fingerprint density at radius 3 is 2.52 bits per heavy atom. The van der Waals surface area contributed by atoms with Crippen LogP contribution in [0.3, 0.4) is 0 Å². The smallest absolute Gasteiger partial charge is 0.238 e. The monoisotopic (exact) mass is 449 g/mol. The summed E-state index contributed by atoms with van der Waals surface area (Å²) in [5, 5.41) is 19.4. The highest BCUT2D eigenvalue weighted by atomic mass is 32.2. The molecule has 1 unspecified atom stereocenters. The van der Waals surface area contributed by atoms with E-state index in [4.69, 9.17) is 5.14 Å². The molecule has 3 rings (SSSR count). The van der Waals surface area contributed by atoms with Crippen molar-refractivity contribution in [3.8, 4) is 0 Å². The molecule has 2 aromatic carbocycles. The molecule has 0 saturated heterocycles. The van der Waals surface area contributed by atoms with Gasteiger partial charge in [0, 0.05) is 11.4 Å². The van der Waals surface area contributed by atoms with E-state index in [-0.39, 0.29) is 10.8 Å². The average molecular weight is 450 g/mol. The van der Waals surface area contributed by atoms with Crippen molar-refractivity contribution in [2.24, 2.45) is 5.14 Å². The van der Waals surface area contributed by atoms with E-state index < -0.39 is 15.3 Å². The molecule has 1 heterocycles. The lowest BCUT2D eigenvalue weighted by atomic mass is 10.2. The summed E-state index contributed by atoms with van der Waals surface area (Å²) in [6.45, 7) is 3.77. The van der Waals surface area contributed by atoms with Gasteiger partial charge < -0.3 is 10.6 Å². The molecule has 0 aliphatic carbocycles. The molecule has 0 saturated carbocycles. The van der Waals surface area contributed by atoms with Crippen LogP contribution in [-0.2, 0) is 14.8 Å². The van der Waals surface area contributed by atoms with Crippen molar-refractivity contribution < 1.29 is 13.2 Å². The van der Waals surface area contributed by atoms with Crippen molar-refractivity contribution >= 4 is 55.5 Å². The van der Waals surface area contributed by atoms with Gasteiger partial charge in [-0.2, -0.15) is 0 Å². The number of nitrogens with one attached hydrogen (secondary N) is 2. The van der Waals surface area contributed by atoms with E-state index in [0.29, 0.717) is 15.2 Å². The van der Waals surface area contributed by atoms with Gasteiger partial charge in [0.05, 0.1) is 10.1 Å². The Morgan fingerprint density at radius 1 is 1.14 bits per heavy atom. The molecule has 0 bridgehead atoms. The zero-order valence-electron chi connectivity index (χ0n) is 15.6. The molecule has 152 valence electrons. The highest BCUT2D eigenvalue weighted by Gasteiger charge is 2.18. The van der Waals surface area contributed by atoms with Crippen molar-refractivity contribution in [3.63, 3.8) is 0 Å². The van der Waals surface area contributed by atoms with E-state index in [0.717, 1.165) is 11.3 Å². The quantitative estimate of drug-likeness (QED) is 0.472. The number of hydrogen-bond donors (Lipinski definition) is 3. The number of amides is 1. The van der Waals surface area contributed by atoms with Gasteiger partial charge in [0.2, 0.25) is 21.1 Å². The summed E-state index contributed by atoms with van der Waals surface area (Å²) in [4.78, 5) is 12.4. The minimum absolute atomic E-state index is 0.0135. The molecule has 0 radical (unpaired) electrons. The Balaban J connectivity index is 1.58. The van der Waals surface area contributed by atoms with E-state index in [2.05, 4.69) is 20.8 Å². The molecule has 8 nitrogen and oxygen atoms in total. The first kappa shape index (κ1) is 21.2. The van der Waals surface area contributed by atoms with Gasteiger partial charge >= 0.3 is 0 Å². The summed E-state index contributed by atoms with van der Waals surface area (Å²) in [5.41, 5.74) is 2.54. The predicted octanol–water partition coefficient (Wildman–Crippen LogP) is 3.36. The van der Waals surface area contributed by atoms with Crippen LogP contribution in [0.25, 0.3) is 0 Å². The standard InChI is InChI=1S/C18H19N5O3S3/c1-11-4-3-5-14(10-11)21-17-22-23-18(28-17)27-12(2)16(24)20-13-6-8-15(9-7-13)29(19,25)26/h3-10,12H,1-2H3,(H,20,24)(H,21,22)(H2,19,25,26).